The van der Waals surface area contributed by atoms with Crippen molar-refractivity contribution in [1.82, 2.24) is 14.5 Å². The van der Waals surface area contributed by atoms with E-state index in [1.54, 1.807) is 22.8 Å². The summed E-state index contributed by atoms with van der Waals surface area (Å²) in [6.45, 7) is 11.1. The van der Waals surface area contributed by atoms with Gasteiger partial charge in [0.2, 0.25) is 0 Å². The Labute approximate surface area is 198 Å². The lowest BCUT2D eigenvalue weighted by Crippen LogP contribution is -2.42. The van der Waals surface area contributed by atoms with E-state index in [0.717, 1.165) is 37.8 Å². The molecule has 3 aromatic rings. The van der Waals surface area contributed by atoms with E-state index in [2.05, 4.69) is 18.7 Å². The van der Waals surface area contributed by atoms with Gasteiger partial charge in [-0.15, -0.1) is 0 Å². The lowest BCUT2D eigenvalue weighted by atomic mass is 9.96. The molecule has 4 rings (SSSR count). The van der Waals surface area contributed by atoms with Crippen LogP contribution in [0, 0.1) is 17.6 Å². The zero-order valence-corrected chi connectivity index (χ0v) is 20.3. The molecule has 1 saturated heterocycles. The molecular formula is C26H30ClF2N3O. The van der Waals surface area contributed by atoms with Crippen molar-refractivity contribution < 1.29 is 8.78 Å². The van der Waals surface area contributed by atoms with Gasteiger partial charge in [0.15, 0.2) is 0 Å². The molecule has 0 amide bonds. The van der Waals surface area contributed by atoms with E-state index in [1.165, 1.54) is 6.07 Å². The Bertz CT molecular complexity index is 1240. The average Bonchev–Trinajstić information content (AvgIpc) is 2.78. The first-order valence-corrected chi connectivity index (χ1v) is 12.0. The molecular weight excluding hydrogens is 444 g/mol. The van der Waals surface area contributed by atoms with Crippen molar-refractivity contribution in [2.75, 3.05) is 13.1 Å². The predicted molar refractivity (Wildman–Crippen MR) is 130 cm³/mol. The summed E-state index contributed by atoms with van der Waals surface area (Å²) < 4.78 is 29.9. The third kappa shape index (κ3) is 4.82. The fourth-order valence-corrected chi connectivity index (χ4v) is 4.90. The molecule has 0 spiro atoms. The van der Waals surface area contributed by atoms with Crippen LogP contribution in [0.15, 0.2) is 35.1 Å². The van der Waals surface area contributed by atoms with Crippen LogP contribution in [0.25, 0.3) is 22.0 Å². The lowest BCUT2D eigenvalue weighted by molar-refractivity contribution is 0.129. The number of benzene rings is 2. The summed E-state index contributed by atoms with van der Waals surface area (Å²) >= 11 is 5.88. The molecule has 1 aliphatic rings. The van der Waals surface area contributed by atoms with Gasteiger partial charge in [-0.3, -0.25) is 9.36 Å². The zero-order chi connectivity index (χ0) is 23.9. The van der Waals surface area contributed by atoms with E-state index in [4.69, 9.17) is 16.6 Å². The van der Waals surface area contributed by atoms with Gasteiger partial charge in [-0.05, 0) is 62.9 Å². The molecule has 33 heavy (non-hydrogen) atoms. The molecule has 0 radical (unpaired) electrons. The molecule has 1 atom stereocenters. The monoisotopic (exact) mass is 473 g/mol. The zero-order valence-electron chi connectivity index (χ0n) is 19.5. The first kappa shape index (κ1) is 23.8. The van der Waals surface area contributed by atoms with E-state index in [0.29, 0.717) is 35.0 Å². The van der Waals surface area contributed by atoms with Crippen molar-refractivity contribution in [3.63, 3.8) is 0 Å². The van der Waals surface area contributed by atoms with Crippen molar-refractivity contribution >= 4 is 22.5 Å². The molecule has 1 aromatic heterocycles. The number of likely N-dealkylation sites (tertiary alicyclic amines) is 1. The van der Waals surface area contributed by atoms with Crippen molar-refractivity contribution in [3.05, 3.63) is 63.2 Å². The Hall–Kier alpha value is -2.31. The number of hydrogen-bond acceptors (Lipinski definition) is 3. The van der Waals surface area contributed by atoms with Gasteiger partial charge in [0.1, 0.15) is 17.5 Å². The highest BCUT2D eigenvalue weighted by Gasteiger charge is 2.24. The highest BCUT2D eigenvalue weighted by atomic mass is 35.5. The summed E-state index contributed by atoms with van der Waals surface area (Å²) in [7, 11) is 0. The highest BCUT2D eigenvalue weighted by Crippen LogP contribution is 2.30. The van der Waals surface area contributed by atoms with Crippen LogP contribution in [0.2, 0.25) is 5.02 Å². The molecule has 0 unspecified atom stereocenters. The van der Waals surface area contributed by atoms with Gasteiger partial charge < -0.3 is 4.90 Å². The molecule has 2 aromatic carbocycles. The summed E-state index contributed by atoms with van der Waals surface area (Å²) in [6.07, 6.45) is 2.19. The van der Waals surface area contributed by atoms with Crippen LogP contribution in [0.3, 0.4) is 0 Å². The number of hydrogen-bond donors (Lipinski definition) is 0. The van der Waals surface area contributed by atoms with Crippen LogP contribution in [0.1, 0.15) is 52.3 Å². The summed E-state index contributed by atoms with van der Waals surface area (Å²) in [6, 6.07) is 7.55. The second kappa shape index (κ2) is 9.51. The molecule has 0 bridgehead atoms. The Morgan fingerprint density at radius 3 is 2.58 bits per heavy atom. The maximum absolute atomic E-state index is 14.5. The van der Waals surface area contributed by atoms with Gasteiger partial charge in [0, 0.05) is 36.7 Å². The molecule has 1 fully saturated rings. The fourth-order valence-electron chi connectivity index (χ4n) is 4.74. The van der Waals surface area contributed by atoms with Gasteiger partial charge in [-0.2, -0.15) is 0 Å². The minimum atomic E-state index is -0.813. The van der Waals surface area contributed by atoms with Crippen molar-refractivity contribution in [3.8, 4) is 11.1 Å². The summed E-state index contributed by atoms with van der Waals surface area (Å²) in [5.74, 6) is -0.323. The van der Waals surface area contributed by atoms with Crippen LogP contribution in [0.5, 0.6) is 0 Å². The van der Waals surface area contributed by atoms with E-state index in [-0.39, 0.29) is 22.1 Å². The van der Waals surface area contributed by atoms with Crippen molar-refractivity contribution in [1.29, 1.82) is 0 Å². The second-order valence-corrected chi connectivity index (χ2v) is 10.0. The average molecular weight is 474 g/mol. The maximum Gasteiger partial charge on any atom is 0.261 e. The van der Waals surface area contributed by atoms with Crippen LogP contribution in [-0.4, -0.2) is 33.6 Å². The Morgan fingerprint density at radius 1 is 1.12 bits per heavy atom. The Morgan fingerprint density at radius 2 is 1.88 bits per heavy atom. The normalized spacial score (nSPS) is 17.4. The molecule has 2 heterocycles. The third-order valence-corrected chi connectivity index (χ3v) is 6.83. The molecule has 0 aliphatic carbocycles. The van der Waals surface area contributed by atoms with Gasteiger partial charge in [0.05, 0.1) is 15.9 Å². The van der Waals surface area contributed by atoms with Gasteiger partial charge in [0.25, 0.3) is 5.56 Å². The molecule has 0 N–H and O–H groups in total. The number of nitrogens with zero attached hydrogens (tertiary/aromatic N) is 3. The Kier molecular flexibility index (Phi) is 6.87. The van der Waals surface area contributed by atoms with Crippen molar-refractivity contribution in [2.45, 2.75) is 59.0 Å². The predicted octanol–water partition coefficient (Wildman–Crippen LogP) is 6.24. The number of fused-ring (bicyclic) bond motifs is 1. The SMILES string of the molecule is CC(C)c1nc2ccc(-c3cc(Cl)c(F)cc3F)cc2c(=O)n1C[C@H]1CCCN(C(C)C)C1. The highest BCUT2D eigenvalue weighted by molar-refractivity contribution is 6.31. The fraction of sp³-hybridized carbons (Fsp3) is 0.462. The van der Waals surface area contributed by atoms with E-state index in [1.807, 2.05) is 13.8 Å². The van der Waals surface area contributed by atoms with Gasteiger partial charge >= 0.3 is 0 Å². The van der Waals surface area contributed by atoms with E-state index >= 15 is 0 Å². The number of piperidine rings is 1. The first-order valence-electron chi connectivity index (χ1n) is 11.6. The summed E-state index contributed by atoms with van der Waals surface area (Å²) in [5.41, 5.74) is 1.07. The number of rotatable bonds is 5. The Balaban J connectivity index is 1.79. The summed E-state index contributed by atoms with van der Waals surface area (Å²) in [4.78, 5) is 20.9. The van der Waals surface area contributed by atoms with Gasteiger partial charge in [-0.1, -0.05) is 31.5 Å². The van der Waals surface area contributed by atoms with E-state index in [9.17, 15) is 13.6 Å². The second-order valence-electron chi connectivity index (χ2n) is 9.62. The van der Waals surface area contributed by atoms with Gasteiger partial charge in [-0.25, -0.2) is 13.8 Å². The van der Waals surface area contributed by atoms with Crippen LogP contribution < -0.4 is 5.56 Å². The molecule has 4 nitrogen and oxygen atoms in total. The minimum Gasteiger partial charge on any atom is -0.301 e. The molecule has 0 saturated carbocycles. The third-order valence-electron chi connectivity index (χ3n) is 6.54. The molecule has 176 valence electrons. The van der Waals surface area contributed by atoms with Crippen molar-refractivity contribution in [2.24, 2.45) is 5.92 Å². The topological polar surface area (TPSA) is 38.1 Å². The van der Waals surface area contributed by atoms with Crippen LogP contribution in [-0.2, 0) is 6.54 Å². The maximum atomic E-state index is 14.5. The van der Waals surface area contributed by atoms with Crippen LogP contribution in [0.4, 0.5) is 8.78 Å². The van der Waals surface area contributed by atoms with Crippen LogP contribution >= 0.6 is 11.6 Å². The smallest absolute Gasteiger partial charge is 0.261 e. The quantitative estimate of drug-likeness (QED) is 0.412. The lowest BCUT2D eigenvalue weighted by Gasteiger charge is -2.36. The number of halogens is 3. The summed E-state index contributed by atoms with van der Waals surface area (Å²) in [5, 5.41) is 0.262. The first-order chi connectivity index (χ1) is 15.7. The minimum absolute atomic E-state index is 0.0833. The van der Waals surface area contributed by atoms with E-state index < -0.39 is 11.6 Å². The standard InChI is InChI=1S/C26H30ClF2N3O/c1-15(2)25-30-24-8-7-18(19-11-21(27)23(29)12-22(19)28)10-20(24)26(33)32(25)14-17-6-5-9-31(13-17)16(3)4/h7-8,10-12,15-17H,5-6,9,13-14H2,1-4H3/t17-/m0/s1. The number of aromatic nitrogens is 2. The molecule has 7 heteroatoms. The largest absolute Gasteiger partial charge is 0.301 e. The molecule has 1 aliphatic heterocycles.